The third-order valence-electron chi connectivity index (χ3n) is 6.91. The second-order valence-electron chi connectivity index (χ2n) is 10.2. The lowest BCUT2D eigenvalue weighted by Crippen LogP contribution is -3.12. The molecule has 246 valence electrons. The number of carboxylic acid groups (broad SMARTS) is 2. The number of hydrogen-bond acceptors (Lipinski definition) is 7. The normalized spacial score (nSPS) is 18.0. The number of aliphatic hydroxyl groups is 1. The molecule has 0 aliphatic carbocycles. The summed E-state index contributed by atoms with van der Waals surface area (Å²) in [6.07, 6.45) is -5.13. The smallest absolute Gasteiger partial charge is 0.430 e. The fraction of sp³-hybridized carbons (Fsp3) is 0.276. The molecule has 0 radical (unpaired) electrons. The average Bonchev–Trinajstić information content (AvgIpc) is 3.43. The van der Waals surface area contributed by atoms with Crippen molar-refractivity contribution in [3.63, 3.8) is 0 Å². The Hall–Kier alpha value is -5.03. The van der Waals surface area contributed by atoms with Crippen LogP contribution in [0.25, 0.3) is 16.6 Å². The molecule has 0 spiro atoms. The van der Waals surface area contributed by atoms with Crippen molar-refractivity contribution < 1.29 is 65.9 Å². The molecule has 17 heteroatoms. The molecule has 4 aromatic rings. The number of quaternary nitrogens is 1. The molecule has 3 heterocycles. The van der Waals surface area contributed by atoms with Crippen molar-refractivity contribution in [1.82, 2.24) is 9.78 Å². The second-order valence-corrected chi connectivity index (χ2v) is 10.2. The van der Waals surface area contributed by atoms with Crippen molar-refractivity contribution >= 4 is 28.7 Å². The van der Waals surface area contributed by atoms with E-state index in [2.05, 4.69) is 22.2 Å². The Labute approximate surface area is 256 Å². The van der Waals surface area contributed by atoms with Gasteiger partial charge in [-0.3, -0.25) is 4.79 Å². The highest BCUT2D eigenvalue weighted by Gasteiger charge is 2.40. The molecule has 1 amide bonds. The van der Waals surface area contributed by atoms with E-state index in [0.717, 1.165) is 49.2 Å². The van der Waals surface area contributed by atoms with E-state index in [1.54, 1.807) is 10.7 Å². The van der Waals surface area contributed by atoms with Crippen molar-refractivity contribution in [1.29, 1.82) is 0 Å². The van der Waals surface area contributed by atoms with Crippen LogP contribution in [-0.4, -0.2) is 58.2 Å². The Bertz CT molecular complexity index is 1630. The first kappa shape index (κ1) is 35.4. The van der Waals surface area contributed by atoms with Gasteiger partial charge in [0.2, 0.25) is 5.69 Å². The quantitative estimate of drug-likeness (QED) is 0.245. The molecule has 1 fully saturated rings. The van der Waals surface area contributed by atoms with Crippen molar-refractivity contribution in [3.8, 4) is 5.69 Å². The molecule has 0 unspecified atom stereocenters. The molecule has 0 atom stereocenters. The van der Waals surface area contributed by atoms with Crippen molar-refractivity contribution in [2.45, 2.75) is 37.3 Å². The Morgan fingerprint density at radius 3 is 1.96 bits per heavy atom. The number of nitrogens with two attached hydrogens (primary N) is 1. The van der Waals surface area contributed by atoms with Gasteiger partial charge in [0.1, 0.15) is 24.0 Å². The summed E-state index contributed by atoms with van der Waals surface area (Å²) in [6, 6.07) is 19.6. The highest BCUT2D eigenvalue weighted by molar-refractivity contribution is 6.04. The van der Waals surface area contributed by atoms with Crippen LogP contribution in [0.15, 0.2) is 73.1 Å². The number of carbonyl (C=O) groups excluding carboxylic acids is 3. The molecule has 0 bridgehead atoms. The van der Waals surface area contributed by atoms with Crippen LogP contribution < -0.4 is 25.8 Å². The van der Waals surface area contributed by atoms with Gasteiger partial charge in [0.05, 0.1) is 24.3 Å². The van der Waals surface area contributed by atoms with Gasteiger partial charge in [-0.25, -0.2) is 9.67 Å². The number of piperidine rings is 1. The number of halogens is 6. The topological polar surface area (TPSA) is 180 Å². The van der Waals surface area contributed by atoms with Gasteiger partial charge in [-0.15, -0.1) is 0 Å². The summed E-state index contributed by atoms with van der Waals surface area (Å²) in [7, 11) is 0. The maximum atomic E-state index is 11.7. The SMILES string of the molecule is NC(=O)c1cccc2cn(-c3ccc(C[NH+]4CCC(O)(c5cccc[nH+]5)CC4)cc3)nc12.O=C([O-])C(F)(F)F.O=C([O-])C(F)(F)F. The summed E-state index contributed by atoms with van der Waals surface area (Å²) in [5.41, 5.74) is 8.84. The van der Waals surface area contributed by atoms with Crippen molar-refractivity contribution in [2.75, 3.05) is 13.1 Å². The van der Waals surface area contributed by atoms with Crippen molar-refractivity contribution in [3.05, 3.63) is 89.9 Å². The minimum absolute atomic E-state index is 0.430. The standard InChI is InChI=1S/C25H25N5O2.2C2HF3O2/c26-24(31)21-5-3-4-19-17-30(28-23(19)21)20-9-7-18(8-10-20)16-29-14-11-25(32,12-15-29)22-6-1-2-13-27-22;2*3-2(4,5)1(6)7/h1-10,13,17,32H,11-12,14-16H2,(H2,26,31);2*(H,6,7). The fourth-order valence-corrected chi connectivity index (χ4v) is 4.58. The van der Waals surface area contributed by atoms with Gasteiger partial charge in [0.15, 0.2) is 11.8 Å². The predicted molar refractivity (Wildman–Crippen MR) is 142 cm³/mol. The van der Waals surface area contributed by atoms with Gasteiger partial charge < -0.3 is 35.5 Å². The maximum Gasteiger partial charge on any atom is 0.430 e. The highest BCUT2D eigenvalue weighted by Crippen LogP contribution is 2.26. The molecule has 2 aromatic heterocycles. The number of primary amides is 1. The number of rotatable bonds is 5. The average molecular weight is 656 g/mol. The van der Waals surface area contributed by atoms with Crippen LogP contribution in [0.2, 0.25) is 0 Å². The third-order valence-corrected chi connectivity index (χ3v) is 6.91. The lowest BCUT2D eigenvalue weighted by Gasteiger charge is -2.33. The Balaban J connectivity index is 0.000000345. The molecule has 5 rings (SSSR count). The molecule has 1 aliphatic rings. The van der Waals surface area contributed by atoms with Crippen molar-refractivity contribution in [2.24, 2.45) is 5.73 Å². The molecule has 2 aromatic carbocycles. The number of pyridine rings is 1. The number of carboxylic acids is 2. The lowest BCUT2D eigenvalue weighted by molar-refractivity contribution is -0.921. The number of fused-ring (bicyclic) bond motifs is 1. The summed E-state index contributed by atoms with van der Waals surface area (Å²) in [5.74, 6) is -6.49. The van der Waals surface area contributed by atoms with Crippen LogP contribution in [0, 0.1) is 0 Å². The summed E-state index contributed by atoms with van der Waals surface area (Å²) >= 11 is 0. The number of nitrogens with zero attached hydrogens (tertiary/aromatic N) is 2. The number of hydrogen-bond donors (Lipinski definition) is 3. The number of carbonyl (C=O) groups is 3. The largest absolute Gasteiger partial charge is 0.542 e. The maximum absolute atomic E-state index is 11.7. The van der Waals surface area contributed by atoms with Crippen LogP contribution in [0.3, 0.4) is 0 Å². The molecule has 5 N–H and O–H groups in total. The van der Waals surface area contributed by atoms with E-state index in [1.165, 1.54) is 10.5 Å². The number of aromatic amines is 1. The molecular formula is C29H27F6N5O6. The van der Waals surface area contributed by atoms with Gasteiger partial charge in [-0.2, -0.15) is 31.4 Å². The zero-order valence-electron chi connectivity index (χ0n) is 23.7. The molecule has 46 heavy (non-hydrogen) atoms. The first-order valence-electron chi connectivity index (χ1n) is 13.4. The summed E-state index contributed by atoms with van der Waals surface area (Å²) in [5, 5.41) is 34.0. The number of aliphatic carboxylic acids is 2. The molecular weight excluding hydrogens is 628 g/mol. The molecule has 1 saturated heterocycles. The second kappa shape index (κ2) is 14.4. The first-order valence-corrected chi connectivity index (χ1v) is 13.4. The number of nitrogens with one attached hydrogen (secondary N) is 2. The molecule has 0 saturated carbocycles. The minimum atomic E-state index is -5.19. The van der Waals surface area contributed by atoms with Crippen LogP contribution in [0.1, 0.15) is 34.5 Å². The van der Waals surface area contributed by atoms with E-state index in [0.29, 0.717) is 11.1 Å². The Morgan fingerprint density at radius 2 is 1.48 bits per heavy atom. The van der Waals surface area contributed by atoms with E-state index >= 15 is 0 Å². The van der Waals surface area contributed by atoms with E-state index in [1.807, 2.05) is 54.9 Å². The number of likely N-dealkylation sites (tertiary alicyclic amines) is 1. The zero-order valence-corrected chi connectivity index (χ0v) is 23.7. The van der Waals surface area contributed by atoms with Crippen LogP contribution >= 0.6 is 0 Å². The first-order chi connectivity index (χ1) is 21.4. The summed E-state index contributed by atoms with van der Waals surface area (Å²) in [6.45, 7) is 2.75. The monoisotopic (exact) mass is 655 g/mol. The van der Waals surface area contributed by atoms with Gasteiger partial charge in [0, 0.05) is 42.1 Å². The van der Waals surface area contributed by atoms with E-state index < -0.39 is 35.8 Å². The van der Waals surface area contributed by atoms with Gasteiger partial charge in [-0.1, -0.05) is 24.3 Å². The number of benzene rings is 2. The number of amides is 1. The lowest BCUT2D eigenvalue weighted by atomic mass is 9.87. The molecule has 11 nitrogen and oxygen atoms in total. The van der Waals surface area contributed by atoms with E-state index in [-0.39, 0.29) is 0 Å². The number of H-pyrrole nitrogens is 1. The summed E-state index contributed by atoms with van der Waals surface area (Å²) in [4.78, 5) is 33.9. The predicted octanol–water partition coefficient (Wildman–Crippen LogP) is -0.398. The van der Waals surface area contributed by atoms with Gasteiger partial charge in [0.25, 0.3) is 5.91 Å². The third kappa shape index (κ3) is 9.48. The number of alkyl halides is 6. The van der Waals surface area contributed by atoms with Crippen LogP contribution in [0.4, 0.5) is 26.3 Å². The fourth-order valence-electron chi connectivity index (χ4n) is 4.58. The zero-order chi connectivity index (χ0) is 34.3. The van der Waals surface area contributed by atoms with Gasteiger partial charge >= 0.3 is 12.4 Å². The van der Waals surface area contributed by atoms with Crippen LogP contribution in [0.5, 0.6) is 0 Å². The number of aromatic nitrogens is 3. The highest BCUT2D eigenvalue weighted by atomic mass is 19.4. The van der Waals surface area contributed by atoms with E-state index in [9.17, 15) is 36.2 Å². The van der Waals surface area contributed by atoms with Crippen LogP contribution in [-0.2, 0) is 21.7 Å². The Kier molecular flexibility index (Phi) is 11.1. The summed E-state index contributed by atoms with van der Waals surface area (Å²) < 4.78 is 64.9. The molecule has 1 aliphatic heterocycles. The van der Waals surface area contributed by atoms with E-state index in [4.69, 9.17) is 25.5 Å². The minimum Gasteiger partial charge on any atom is -0.542 e. The van der Waals surface area contributed by atoms with Gasteiger partial charge in [-0.05, 0) is 24.3 Å². The Morgan fingerprint density at radius 1 is 0.913 bits per heavy atom.